The fraction of sp³-hybridized carbons (Fsp3) is 0.289. The topological polar surface area (TPSA) is 113 Å². The molecule has 0 heterocycles. The number of benzene rings is 4. The molecule has 0 unspecified atom stereocenters. The van der Waals surface area contributed by atoms with Crippen LogP contribution < -0.4 is 21.2 Å². The number of phenols is 2. The molecule has 0 aliphatic heterocycles. The molecule has 4 aromatic carbocycles. The van der Waals surface area contributed by atoms with E-state index in [4.69, 9.17) is 3.97 Å². The summed E-state index contributed by atoms with van der Waals surface area (Å²) in [6.45, 7) is -3.32. The molecule has 0 saturated carbocycles. The van der Waals surface area contributed by atoms with Gasteiger partial charge in [0, 0.05) is 6.08 Å². The molecule has 1 amide bonds. The van der Waals surface area contributed by atoms with Crippen LogP contribution in [-0.4, -0.2) is 43.5 Å². The molecule has 0 radical (unpaired) electrons. The zero-order valence-corrected chi connectivity index (χ0v) is 28.7. The third kappa shape index (κ3) is 9.32. The summed E-state index contributed by atoms with van der Waals surface area (Å²) in [5, 5.41) is 24.6. The van der Waals surface area contributed by atoms with E-state index in [9.17, 15) is 23.4 Å². The van der Waals surface area contributed by atoms with Crippen molar-refractivity contribution in [2.45, 2.75) is 51.4 Å². The monoisotopic (exact) mass is 675 g/mol. The van der Waals surface area contributed by atoms with Crippen molar-refractivity contribution in [1.29, 1.82) is 0 Å². The van der Waals surface area contributed by atoms with Gasteiger partial charge in [0.25, 0.3) is 0 Å². The summed E-state index contributed by atoms with van der Waals surface area (Å²) in [4.78, 5) is 12.1. The van der Waals surface area contributed by atoms with Crippen LogP contribution >= 0.6 is 6.83 Å². The fourth-order valence-corrected chi connectivity index (χ4v) is 14.8. The molecule has 4 rings (SSSR count). The van der Waals surface area contributed by atoms with Crippen molar-refractivity contribution in [3.05, 3.63) is 121 Å². The molecular formula is C38H46NO6PS. The Bertz CT molecular complexity index is 1610. The number of amides is 1. The van der Waals surface area contributed by atoms with Crippen molar-refractivity contribution in [3.8, 4) is 11.5 Å². The van der Waals surface area contributed by atoms with E-state index in [0.29, 0.717) is 18.3 Å². The van der Waals surface area contributed by atoms with Crippen molar-refractivity contribution in [2.75, 3.05) is 19.0 Å². The molecular weight excluding hydrogens is 629 g/mol. The average molecular weight is 676 g/mol. The Kier molecular flexibility index (Phi) is 12.8. The molecule has 3 N–H and O–H groups in total. The van der Waals surface area contributed by atoms with Crippen LogP contribution in [0.15, 0.2) is 115 Å². The maximum absolute atomic E-state index is 13.2. The van der Waals surface area contributed by atoms with Gasteiger partial charge in [0.1, 0.15) is 0 Å². The quantitative estimate of drug-likeness (QED) is 0.0465. The van der Waals surface area contributed by atoms with Gasteiger partial charge < -0.3 is 10.2 Å². The van der Waals surface area contributed by atoms with Crippen molar-refractivity contribution >= 4 is 44.8 Å². The second-order valence-electron chi connectivity index (χ2n) is 11.9. The summed E-state index contributed by atoms with van der Waals surface area (Å²) in [5.41, 5.74) is 0.627. The predicted octanol–water partition coefficient (Wildman–Crippen LogP) is 6.77. The van der Waals surface area contributed by atoms with Gasteiger partial charge in [-0.25, -0.2) is 0 Å². The van der Waals surface area contributed by atoms with Crippen LogP contribution in [0.25, 0.3) is 6.08 Å². The fourth-order valence-electron chi connectivity index (χ4n) is 6.22. The van der Waals surface area contributed by atoms with Gasteiger partial charge in [-0.2, -0.15) is 0 Å². The van der Waals surface area contributed by atoms with Crippen LogP contribution in [0.2, 0.25) is 0 Å². The van der Waals surface area contributed by atoms with Gasteiger partial charge in [0.2, 0.25) is 0 Å². The van der Waals surface area contributed by atoms with E-state index in [1.54, 1.807) is 12.1 Å². The molecule has 9 heteroatoms. The van der Waals surface area contributed by atoms with Gasteiger partial charge in [0.05, 0.1) is 0 Å². The van der Waals surface area contributed by atoms with E-state index >= 15 is 0 Å². The standard InChI is InChI=1S/C38H46NO6PS/c1-47(43,44)45-46(33-19-11-8-12-20-33,34-21-13-9-14-22-34,35-23-15-10-16-24-35)30-18-7-5-3-2-4-6-17-29-39-38(42)28-26-32-25-27-36(40)37(41)31-32/h8-16,19-28,31,40-41H,2-7,17-18,29-30H2,1H3,(H,39,42)/b28-26+. The number of aromatic hydroxyl groups is 2. The van der Waals surface area contributed by atoms with Gasteiger partial charge in [-0.3, -0.25) is 4.79 Å². The normalized spacial score (nSPS) is 12.8. The van der Waals surface area contributed by atoms with Crippen LogP contribution in [-0.2, 0) is 18.9 Å². The second-order valence-corrected chi connectivity index (χ2v) is 18.3. The predicted molar refractivity (Wildman–Crippen MR) is 195 cm³/mol. The number of nitrogens with one attached hydrogen (secondary N) is 1. The van der Waals surface area contributed by atoms with E-state index in [0.717, 1.165) is 73.5 Å². The second kappa shape index (κ2) is 16.7. The summed E-state index contributed by atoms with van der Waals surface area (Å²) in [6.07, 6.45) is 12.7. The van der Waals surface area contributed by atoms with E-state index in [2.05, 4.69) is 5.32 Å². The Labute approximate surface area is 279 Å². The van der Waals surface area contributed by atoms with E-state index in [1.807, 2.05) is 91.0 Å². The number of phenolic OH excluding ortho intramolecular Hbond substituents is 2. The van der Waals surface area contributed by atoms with Crippen molar-refractivity contribution in [3.63, 3.8) is 0 Å². The van der Waals surface area contributed by atoms with E-state index in [-0.39, 0.29) is 17.4 Å². The molecule has 250 valence electrons. The summed E-state index contributed by atoms with van der Waals surface area (Å²) >= 11 is 0. The molecule has 0 aliphatic rings. The molecule has 4 aromatic rings. The Morgan fingerprint density at radius 2 is 1.15 bits per heavy atom. The first-order chi connectivity index (χ1) is 22.6. The van der Waals surface area contributed by atoms with Crippen LogP contribution in [0.4, 0.5) is 0 Å². The van der Waals surface area contributed by atoms with E-state index in [1.165, 1.54) is 18.2 Å². The summed E-state index contributed by atoms with van der Waals surface area (Å²) in [7, 11) is -3.86. The molecule has 7 nitrogen and oxygen atoms in total. The number of rotatable bonds is 18. The SMILES string of the molecule is CS(=O)(=O)OP(CCCCCCCCCCNC(=O)/C=C/c1ccc(O)c(O)c1)(c1ccccc1)(c1ccccc1)c1ccccc1. The number of hydrogen-bond donors (Lipinski definition) is 3. The number of carbonyl (C=O) groups is 1. The zero-order valence-electron chi connectivity index (χ0n) is 27.0. The average Bonchev–Trinajstić information content (AvgIpc) is 3.08. The first kappa shape index (κ1) is 35.9. The van der Waals surface area contributed by atoms with Gasteiger partial charge in [-0.15, -0.1) is 0 Å². The molecule has 0 aliphatic carbocycles. The third-order valence-corrected chi connectivity index (χ3v) is 16.2. The summed E-state index contributed by atoms with van der Waals surface area (Å²) in [5.74, 6) is -0.619. The number of hydrogen-bond acceptors (Lipinski definition) is 6. The molecule has 0 saturated heterocycles. The number of unbranched alkanes of at least 4 members (excludes halogenated alkanes) is 7. The van der Waals surface area contributed by atoms with Crippen molar-refractivity contribution < 1.29 is 27.4 Å². The summed E-state index contributed by atoms with van der Waals surface area (Å²) in [6, 6.07) is 34.1. The van der Waals surface area contributed by atoms with Gasteiger partial charge in [-0.05, 0) is 23.8 Å². The third-order valence-electron chi connectivity index (χ3n) is 8.44. The Hall–Kier alpha value is -3.97. The Morgan fingerprint density at radius 1 is 0.681 bits per heavy atom. The van der Waals surface area contributed by atoms with Gasteiger partial charge >= 0.3 is 218 Å². The molecule has 0 spiro atoms. The number of carbonyl (C=O) groups excluding carboxylic acids is 1. The minimum absolute atomic E-state index is 0.197. The first-order valence-corrected chi connectivity index (χ1v) is 20.4. The van der Waals surface area contributed by atoms with Gasteiger partial charge in [-0.1, -0.05) is 6.07 Å². The molecule has 0 aromatic heterocycles. The first-order valence-electron chi connectivity index (χ1n) is 16.2. The van der Waals surface area contributed by atoms with Gasteiger partial charge in [0.15, 0.2) is 11.5 Å². The van der Waals surface area contributed by atoms with Crippen LogP contribution in [0.3, 0.4) is 0 Å². The van der Waals surface area contributed by atoms with Crippen LogP contribution in [0.1, 0.15) is 56.9 Å². The molecule has 0 atom stereocenters. The molecule has 47 heavy (non-hydrogen) atoms. The molecule has 0 fully saturated rings. The summed E-state index contributed by atoms with van der Waals surface area (Å²) < 4.78 is 32.9. The Morgan fingerprint density at radius 3 is 1.62 bits per heavy atom. The Balaban J connectivity index is 1.32. The molecule has 0 bridgehead atoms. The maximum atomic E-state index is 13.2. The van der Waals surface area contributed by atoms with Crippen molar-refractivity contribution in [2.24, 2.45) is 0 Å². The van der Waals surface area contributed by atoms with E-state index < -0.39 is 16.9 Å². The minimum atomic E-state index is -3.91. The van der Waals surface area contributed by atoms with Crippen LogP contribution in [0, 0.1) is 0 Å². The zero-order chi connectivity index (χ0) is 33.6. The van der Waals surface area contributed by atoms with Crippen LogP contribution in [0.5, 0.6) is 11.5 Å². The van der Waals surface area contributed by atoms with Crippen molar-refractivity contribution in [1.82, 2.24) is 5.32 Å².